The lowest BCUT2D eigenvalue weighted by atomic mass is 9.85. The van der Waals surface area contributed by atoms with Crippen molar-refractivity contribution >= 4 is 51.9 Å². The van der Waals surface area contributed by atoms with Crippen molar-refractivity contribution in [3.05, 3.63) is 59.7 Å². The third kappa shape index (κ3) is 6.06. The van der Waals surface area contributed by atoms with Crippen molar-refractivity contribution in [1.82, 2.24) is 8.61 Å². The zero-order valence-electron chi connectivity index (χ0n) is 20.3. The second-order valence-corrected chi connectivity index (χ2v) is 14.8. The molecule has 2 aromatic rings. The summed E-state index contributed by atoms with van der Waals surface area (Å²) in [5, 5.41) is 19.8. The molecular weight excluding hydrogens is 636 g/mol. The van der Waals surface area contributed by atoms with Gasteiger partial charge in [0.05, 0.1) is 23.0 Å². The van der Waals surface area contributed by atoms with Crippen molar-refractivity contribution < 1.29 is 27.0 Å². The summed E-state index contributed by atoms with van der Waals surface area (Å²) in [6.07, 6.45) is 0. The van der Waals surface area contributed by atoms with Crippen LogP contribution in [-0.4, -0.2) is 85.7 Å². The molecule has 0 radical (unpaired) electrons. The molecule has 4 rings (SSSR count). The highest BCUT2D eigenvalue weighted by atomic mass is 79.9. The molecule has 0 aromatic heterocycles. The molecule has 8 nitrogen and oxygen atoms in total. The minimum absolute atomic E-state index is 0.00182. The van der Waals surface area contributed by atoms with Gasteiger partial charge in [-0.05, 0) is 38.1 Å². The van der Waals surface area contributed by atoms with Crippen LogP contribution in [0.5, 0.6) is 0 Å². The second kappa shape index (κ2) is 11.5. The van der Waals surface area contributed by atoms with Gasteiger partial charge in [0.15, 0.2) is 0 Å². The fourth-order valence-electron chi connectivity index (χ4n) is 3.92. The Balaban J connectivity index is 0.000000201. The predicted molar refractivity (Wildman–Crippen MR) is 147 cm³/mol. The number of alkyl halides is 2. The molecule has 36 heavy (non-hydrogen) atoms. The summed E-state index contributed by atoms with van der Waals surface area (Å²) in [7, 11) is -6.82. The molecule has 200 valence electrons. The summed E-state index contributed by atoms with van der Waals surface area (Å²) in [6, 6.07) is 13.6. The van der Waals surface area contributed by atoms with Gasteiger partial charge in [-0.2, -0.15) is 8.61 Å². The zero-order chi connectivity index (χ0) is 26.8. The maximum Gasteiger partial charge on any atom is 0.243 e. The molecule has 2 aliphatic rings. The number of halogens is 2. The van der Waals surface area contributed by atoms with Crippen LogP contribution in [-0.2, 0) is 20.0 Å². The molecule has 0 spiro atoms. The summed E-state index contributed by atoms with van der Waals surface area (Å²) in [6.45, 7) is 5.30. The maximum absolute atomic E-state index is 12.3. The Bertz CT molecular complexity index is 1130. The van der Waals surface area contributed by atoms with Gasteiger partial charge in [0.2, 0.25) is 20.0 Å². The highest BCUT2D eigenvalue weighted by Gasteiger charge is 2.48. The first-order chi connectivity index (χ1) is 16.9. The standard InChI is InChI=1S/2C12H16BrNO3S/c2*1-10-2-4-11(5-3-10)18(16,17)14-7-12(6-13,8-14)9-15/h2*2-5,15H,6-9H2,1H3. The van der Waals surface area contributed by atoms with Crippen LogP contribution in [0.25, 0.3) is 0 Å². The van der Waals surface area contributed by atoms with E-state index in [1.54, 1.807) is 48.5 Å². The average Bonchev–Trinajstić information content (AvgIpc) is 2.80. The number of aliphatic hydroxyl groups is 2. The predicted octanol–water partition coefficient (Wildman–Crippen LogP) is 2.75. The van der Waals surface area contributed by atoms with E-state index in [4.69, 9.17) is 0 Å². The van der Waals surface area contributed by atoms with Gasteiger partial charge in [-0.3, -0.25) is 0 Å². The van der Waals surface area contributed by atoms with Crippen molar-refractivity contribution in [3.8, 4) is 0 Å². The van der Waals surface area contributed by atoms with E-state index in [0.29, 0.717) is 46.6 Å². The van der Waals surface area contributed by atoms with Gasteiger partial charge in [-0.25, -0.2) is 16.8 Å². The molecule has 2 saturated heterocycles. The fraction of sp³-hybridized carbons (Fsp3) is 0.500. The van der Waals surface area contributed by atoms with Crippen LogP contribution in [0, 0.1) is 24.7 Å². The van der Waals surface area contributed by atoms with E-state index in [0.717, 1.165) is 11.1 Å². The number of rotatable bonds is 8. The molecule has 0 saturated carbocycles. The Morgan fingerprint density at radius 3 is 1.17 bits per heavy atom. The van der Waals surface area contributed by atoms with Crippen LogP contribution in [0.4, 0.5) is 0 Å². The summed E-state index contributed by atoms with van der Waals surface area (Å²) >= 11 is 6.64. The minimum Gasteiger partial charge on any atom is -0.396 e. The van der Waals surface area contributed by atoms with Crippen LogP contribution in [0.1, 0.15) is 11.1 Å². The number of aliphatic hydroxyl groups excluding tert-OH is 2. The van der Waals surface area contributed by atoms with Crippen molar-refractivity contribution in [2.75, 3.05) is 50.1 Å². The summed E-state index contributed by atoms with van der Waals surface area (Å²) < 4.78 is 51.9. The summed E-state index contributed by atoms with van der Waals surface area (Å²) in [5.41, 5.74) is 1.42. The fourth-order valence-corrected chi connectivity index (χ4v) is 8.31. The van der Waals surface area contributed by atoms with Gasteiger partial charge in [0.1, 0.15) is 0 Å². The molecule has 0 bridgehead atoms. The van der Waals surface area contributed by atoms with Gasteiger partial charge >= 0.3 is 0 Å². The first-order valence-electron chi connectivity index (χ1n) is 11.3. The lowest BCUT2D eigenvalue weighted by molar-refractivity contribution is 0.0308. The molecule has 2 aromatic carbocycles. The number of hydrogen-bond acceptors (Lipinski definition) is 6. The molecule has 12 heteroatoms. The highest BCUT2D eigenvalue weighted by molar-refractivity contribution is 9.09. The Morgan fingerprint density at radius 1 is 0.667 bits per heavy atom. The van der Waals surface area contributed by atoms with Gasteiger partial charge in [-0.1, -0.05) is 67.3 Å². The first kappa shape index (κ1) is 29.7. The third-order valence-electron chi connectivity index (χ3n) is 6.60. The van der Waals surface area contributed by atoms with Crippen LogP contribution in [0.15, 0.2) is 58.3 Å². The summed E-state index contributed by atoms with van der Waals surface area (Å²) in [5.74, 6) is 0. The van der Waals surface area contributed by atoms with Crippen molar-refractivity contribution in [3.63, 3.8) is 0 Å². The molecule has 2 aliphatic heterocycles. The van der Waals surface area contributed by atoms with Gasteiger partial charge in [0.25, 0.3) is 0 Å². The monoisotopic (exact) mass is 666 g/mol. The number of benzene rings is 2. The molecule has 0 atom stereocenters. The van der Waals surface area contributed by atoms with Gasteiger partial charge in [0, 0.05) is 47.7 Å². The smallest absolute Gasteiger partial charge is 0.243 e. The lowest BCUT2D eigenvalue weighted by Crippen LogP contribution is -2.60. The Morgan fingerprint density at radius 2 is 0.944 bits per heavy atom. The molecule has 0 amide bonds. The third-order valence-corrected chi connectivity index (χ3v) is 12.6. The van der Waals surface area contributed by atoms with E-state index >= 15 is 0 Å². The van der Waals surface area contributed by atoms with E-state index in [2.05, 4.69) is 31.9 Å². The van der Waals surface area contributed by atoms with Gasteiger partial charge < -0.3 is 10.2 Å². The van der Waals surface area contributed by atoms with Crippen LogP contribution < -0.4 is 0 Å². The molecular formula is C24H32Br2N2O6S2. The number of nitrogens with zero attached hydrogens (tertiary/aromatic N) is 2. The maximum atomic E-state index is 12.3. The normalized spacial score (nSPS) is 19.5. The number of hydrogen-bond donors (Lipinski definition) is 2. The highest BCUT2D eigenvalue weighted by Crippen LogP contribution is 2.37. The molecule has 0 unspecified atom stereocenters. The van der Waals surface area contributed by atoms with Crippen molar-refractivity contribution in [2.45, 2.75) is 23.6 Å². The van der Waals surface area contributed by atoms with E-state index < -0.39 is 20.0 Å². The Kier molecular flexibility index (Phi) is 9.47. The van der Waals surface area contributed by atoms with Crippen LogP contribution in [0.3, 0.4) is 0 Å². The first-order valence-corrected chi connectivity index (χ1v) is 16.5. The Hall–Kier alpha value is -0.860. The quantitative estimate of drug-likeness (QED) is 0.419. The number of aryl methyl sites for hydroxylation is 2. The molecule has 2 fully saturated rings. The average molecular weight is 668 g/mol. The van der Waals surface area contributed by atoms with Crippen molar-refractivity contribution in [2.24, 2.45) is 10.8 Å². The second-order valence-electron chi connectivity index (χ2n) is 9.76. The summed E-state index contributed by atoms with van der Waals surface area (Å²) in [4.78, 5) is 0.628. The minimum atomic E-state index is -3.41. The van der Waals surface area contributed by atoms with Crippen LogP contribution in [0.2, 0.25) is 0 Å². The van der Waals surface area contributed by atoms with E-state index in [9.17, 15) is 27.0 Å². The van der Waals surface area contributed by atoms with E-state index in [1.165, 1.54) is 8.61 Å². The topological polar surface area (TPSA) is 115 Å². The molecule has 2 N–H and O–H groups in total. The Labute approximate surface area is 230 Å². The van der Waals surface area contributed by atoms with E-state index in [-0.39, 0.29) is 24.0 Å². The molecule has 2 heterocycles. The SMILES string of the molecule is Cc1ccc(S(=O)(=O)N2CC(CO)(CBr)C2)cc1.Cc1ccc(S(=O)(=O)N2CC(CO)(CBr)C2)cc1. The van der Waals surface area contributed by atoms with Crippen LogP contribution >= 0.6 is 31.9 Å². The zero-order valence-corrected chi connectivity index (χ0v) is 25.1. The largest absolute Gasteiger partial charge is 0.396 e. The molecule has 0 aliphatic carbocycles. The van der Waals surface area contributed by atoms with E-state index in [1.807, 2.05) is 13.8 Å². The number of sulfonamides is 2. The lowest BCUT2D eigenvalue weighted by Gasteiger charge is -2.47. The van der Waals surface area contributed by atoms with Gasteiger partial charge in [-0.15, -0.1) is 0 Å². The van der Waals surface area contributed by atoms with Crippen molar-refractivity contribution in [1.29, 1.82) is 0 Å².